The Bertz CT molecular complexity index is 1190. The lowest BCUT2D eigenvalue weighted by molar-refractivity contribution is -0.141. The van der Waals surface area contributed by atoms with Crippen LogP contribution >= 0.6 is 0 Å². The number of benzene rings is 2. The molecule has 0 radical (unpaired) electrons. The number of nitrogens with one attached hydrogen (secondary N) is 2. The van der Waals surface area contributed by atoms with Gasteiger partial charge in [-0.05, 0) is 77.1 Å². The number of nitrogens with two attached hydrogens (primary N) is 1. The molecule has 39 heavy (non-hydrogen) atoms. The maximum atomic E-state index is 14.1. The molecule has 0 aliphatic rings. The maximum Gasteiger partial charge on any atom is 0.408 e. The Labute approximate surface area is 231 Å². The Balaban J connectivity index is 2.56. The van der Waals surface area contributed by atoms with E-state index < -0.39 is 35.6 Å². The van der Waals surface area contributed by atoms with Crippen LogP contribution in [-0.2, 0) is 19.1 Å². The molecular formula is C30H42N4O5. The molecule has 2 atom stereocenters. The minimum absolute atomic E-state index is 0.0351. The summed E-state index contributed by atoms with van der Waals surface area (Å²) < 4.78 is 5.37. The van der Waals surface area contributed by atoms with E-state index in [4.69, 9.17) is 10.5 Å². The Hall–Kier alpha value is -3.88. The van der Waals surface area contributed by atoms with Crippen molar-refractivity contribution in [2.75, 3.05) is 11.9 Å². The molecule has 0 aromatic heterocycles. The highest BCUT2D eigenvalue weighted by molar-refractivity contribution is 5.99. The minimum Gasteiger partial charge on any atom is -0.444 e. The van der Waals surface area contributed by atoms with Crippen LogP contribution < -0.4 is 16.4 Å². The minimum atomic E-state index is -1.13. The molecule has 0 fully saturated rings. The third-order valence-electron chi connectivity index (χ3n) is 6.10. The zero-order valence-corrected chi connectivity index (χ0v) is 24.1. The number of amides is 4. The number of nitrogens with zero attached hydrogens (tertiary/aromatic N) is 1. The SMILES string of the molecule is CCCN(C(=O)C(CCC(N)=O)NC(=O)OC(C)(C)C)C(C(=O)Nc1ccccc1C)c1ccc(C)cc1C. The van der Waals surface area contributed by atoms with Gasteiger partial charge in [0, 0.05) is 18.7 Å². The molecule has 212 valence electrons. The van der Waals surface area contributed by atoms with E-state index in [0.717, 1.165) is 16.7 Å². The average Bonchev–Trinajstić information content (AvgIpc) is 2.82. The topological polar surface area (TPSA) is 131 Å². The van der Waals surface area contributed by atoms with Gasteiger partial charge in [-0.3, -0.25) is 14.4 Å². The third kappa shape index (κ3) is 9.42. The van der Waals surface area contributed by atoms with Crippen molar-refractivity contribution >= 4 is 29.5 Å². The van der Waals surface area contributed by atoms with Crippen molar-refractivity contribution in [1.82, 2.24) is 10.2 Å². The van der Waals surface area contributed by atoms with E-state index in [-0.39, 0.29) is 25.3 Å². The molecule has 4 amide bonds. The number of hydrogen-bond donors (Lipinski definition) is 3. The van der Waals surface area contributed by atoms with E-state index in [0.29, 0.717) is 17.7 Å². The van der Waals surface area contributed by atoms with Gasteiger partial charge in [-0.15, -0.1) is 0 Å². The zero-order valence-electron chi connectivity index (χ0n) is 24.1. The first-order valence-electron chi connectivity index (χ1n) is 13.3. The van der Waals surface area contributed by atoms with Crippen LogP contribution in [0.5, 0.6) is 0 Å². The summed E-state index contributed by atoms with van der Waals surface area (Å²) in [7, 11) is 0. The monoisotopic (exact) mass is 538 g/mol. The van der Waals surface area contributed by atoms with Gasteiger partial charge in [-0.1, -0.05) is 48.9 Å². The summed E-state index contributed by atoms with van der Waals surface area (Å²) in [5.74, 6) is -1.50. The van der Waals surface area contributed by atoms with Crippen molar-refractivity contribution < 1.29 is 23.9 Å². The van der Waals surface area contributed by atoms with Gasteiger partial charge in [-0.25, -0.2) is 4.79 Å². The lowest BCUT2D eigenvalue weighted by atomic mass is 9.95. The number of aryl methyl sites for hydroxylation is 3. The van der Waals surface area contributed by atoms with Crippen LogP contribution in [0.1, 0.15) is 75.3 Å². The van der Waals surface area contributed by atoms with E-state index >= 15 is 0 Å². The van der Waals surface area contributed by atoms with Crippen molar-refractivity contribution in [3.05, 3.63) is 64.7 Å². The lowest BCUT2D eigenvalue weighted by Crippen LogP contribution is -2.53. The normalized spacial score (nSPS) is 12.7. The standard InChI is InChI=1S/C30H42N4O5/c1-8-17-34(28(37)24(15-16-25(31)35)33-29(38)39-30(5,6)7)26(22-14-13-19(2)18-21(22)4)27(36)32-23-12-10-9-11-20(23)3/h9-14,18,24,26H,8,15-17H2,1-7H3,(H2,31,35)(H,32,36)(H,33,38). The van der Waals surface area contributed by atoms with Gasteiger partial charge in [0.15, 0.2) is 0 Å². The average molecular weight is 539 g/mol. The molecule has 0 saturated heterocycles. The molecular weight excluding hydrogens is 496 g/mol. The van der Waals surface area contributed by atoms with Crippen LogP contribution in [0.4, 0.5) is 10.5 Å². The van der Waals surface area contributed by atoms with Crippen molar-refractivity contribution in [3.8, 4) is 0 Å². The lowest BCUT2D eigenvalue weighted by Gasteiger charge is -2.35. The van der Waals surface area contributed by atoms with E-state index in [1.807, 2.05) is 64.1 Å². The summed E-state index contributed by atoms with van der Waals surface area (Å²) in [4.78, 5) is 53.7. The number of carbonyl (C=O) groups is 4. The van der Waals surface area contributed by atoms with Gasteiger partial charge < -0.3 is 26.0 Å². The molecule has 0 aliphatic carbocycles. The smallest absolute Gasteiger partial charge is 0.408 e. The Kier molecular flexibility index (Phi) is 11.1. The summed E-state index contributed by atoms with van der Waals surface area (Å²) in [5, 5.41) is 5.59. The summed E-state index contributed by atoms with van der Waals surface area (Å²) >= 11 is 0. The van der Waals surface area contributed by atoms with Gasteiger partial charge in [0.25, 0.3) is 5.91 Å². The number of carbonyl (C=O) groups excluding carboxylic acids is 4. The van der Waals surface area contributed by atoms with Gasteiger partial charge in [0.2, 0.25) is 11.8 Å². The predicted octanol–water partition coefficient (Wildman–Crippen LogP) is 4.69. The van der Waals surface area contributed by atoms with Crippen molar-refractivity contribution in [2.24, 2.45) is 5.73 Å². The van der Waals surface area contributed by atoms with Gasteiger partial charge >= 0.3 is 6.09 Å². The first kappa shape index (κ1) is 31.3. The molecule has 9 heteroatoms. The Morgan fingerprint density at radius 1 is 1.00 bits per heavy atom. The zero-order chi connectivity index (χ0) is 29.3. The van der Waals surface area contributed by atoms with Crippen molar-refractivity contribution in [2.45, 2.75) is 85.4 Å². The fourth-order valence-corrected chi connectivity index (χ4v) is 4.30. The first-order valence-corrected chi connectivity index (χ1v) is 13.3. The van der Waals surface area contributed by atoms with Gasteiger partial charge in [0.1, 0.15) is 17.7 Å². The number of rotatable bonds is 11. The number of primary amides is 1. The van der Waals surface area contributed by atoms with Crippen LogP contribution in [-0.4, -0.2) is 46.9 Å². The fourth-order valence-electron chi connectivity index (χ4n) is 4.30. The second-order valence-electron chi connectivity index (χ2n) is 10.8. The third-order valence-corrected chi connectivity index (χ3v) is 6.10. The van der Waals surface area contributed by atoms with E-state index in [9.17, 15) is 19.2 Å². The van der Waals surface area contributed by atoms with Crippen LogP contribution in [0, 0.1) is 20.8 Å². The van der Waals surface area contributed by atoms with Crippen LogP contribution in [0.15, 0.2) is 42.5 Å². The quantitative estimate of drug-likeness (QED) is 0.382. The molecule has 0 aliphatic heterocycles. The molecule has 2 aromatic rings. The number of hydrogen-bond acceptors (Lipinski definition) is 5. The molecule has 0 saturated carbocycles. The number of para-hydroxylation sites is 1. The summed E-state index contributed by atoms with van der Waals surface area (Å²) in [5.41, 5.74) is 8.63. The second kappa shape index (κ2) is 13.8. The van der Waals surface area contributed by atoms with Crippen LogP contribution in [0.3, 0.4) is 0 Å². The molecule has 9 nitrogen and oxygen atoms in total. The first-order chi connectivity index (χ1) is 18.2. The molecule has 4 N–H and O–H groups in total. The Morgan fingerprint density at radius 2 is 1.67 bits per heavy atom. The van der Waals surface area contributed by atoms with E-state index in [1.54, 1.807) is 26.8 Å². The number of alkyl carbamates (subject to hydrolysis) is 1. The highest BCUT2D eigenvalue weighted by Crippen LogP contribution is 2.29. The summed E-state index contributed by atoms with van der Waals surface area (Å²) in [6, 6.07) is 11.0. The van der Waals surface area contributed by atoms with Crippen molar-refractivity contribution in [1.29, 1.82) is 0 Å². The maximum absolute atomic E-state index is 14.1. The number of anilines is 1. The summed E-state index contributed by atoms with van der Waals surface area (Å²) in [6.07, 6.45) is -0.406. The molecule has 2 aromatic carbocycles. The Morgan fingerprint density at radius 3 is 2.23 bits per heavy atom. The molecule has 2 unspecified atom stereocenters. The summed E-state index contributed by atoms with van der Waals surface area (Å²) in [6.45, 7) is 13.0. The number of ether oxygens (including phenoxy) is 1. The van der Waals surface area contributed by atoms with Crippen LogP contribution in [0.2, 0.25) is 0 Å². The molecule has 0 spiro atoms. The van der Waals surface area contributed by atoms with E-state index in [1.165, 1.54) is 4.90 Å². The van der Waals surface area contributed by atoms with E-state index in [2.05, 4.69) is 10.6 Å². The molecule has 2 rings (SSSR count). The van der Waals surface area contributed by atoms with Crippen molar-refractivity contribution in [3.63, 3.8) is 0 Å². The highest BCUT2D eigenvalue weighted by Gasteiger charge is 2.36. The highest BCUT2D eigenvalue weighted by atomic mass is 16.6. The molecule has 0 heterocycles. The van der Waals surface area contributed by atoms with Gasteiger partial charge in [0.05, 0.1) is 0 Å². The largest absolute Gasteiger partial charge is 0.444 e. The molecule has 0 bridgehead atoms. The second-order valence-corrected chi connectivity index (χ2v) is 10.8. The van der Waals surface area contributed by atoms with Crippen LogP contribution in [0.25, 0.3) is 0 Å². The van der Waals surface area contributed by atoms with Gasteiger partial charge in [-0.2, -0.15) is 0 Å². The predicted molar refractivity (Wildman–Crippen MR) is 152 cm³/mol. The fraction of sp³-hybridized carbons (Fsp3) is 0.467.